The molecule has 0 fully saturated rings. The second-order valence-corrected chi connectivity index (χ2v) is 4.66. The smallest absolute Gasteiger partial charge is 0.226 e. The van der Waals surface area contributed by atoms with Crippen molar-refractivity contribution in [3.8, 4) is 5.75 Å². The standard InChI is InChI=1S/C14H19NO2/c1-4-14(16)15-9-10(2)7-11-5-6-12(17-3)8-13(11)15/h5-6,8,10H,4,7,9H2,1-3H3. The zero-order chi connectivity index (χ0) is 12.4. The van der Waals surface area contributed by atoms with Crippen LogP contribution in [-0.2, 0) is 11.2 Å². The van der Waals surface area contributed by atoms with Gasteiger partial charge in [-0.2, -0.15) is 0 Å². The van der Waals surface area contributed by atoms with Crippen molar-refractivity contribution in [2.24, 2.45) is 5.92 Å². The highest BCUT2D eigenvalue weighted by molar-refractivity contribution is 5.94. The Hall–Kier alpha value is -1.51. The van der Waals surface area contributed by atoms with E-state index in [1.807, 2.05) is 24.0 Å². The van der Waals surface area contributed by atoms with E-state index in [0.29, 0.717) is 12.3 Å². The number of carbonyl (C=O) groups excluding carboxylic acids is 1. The largest absolute Gasteiger partial charge is 0.497 e. The summed E-state index contributed by atoms with van der Waals surface area (Å²) >= 11 is 0. The fourth-order valence-corrected chi connectivity index (χ4v) is 2.37. The molecule has 3 nitrogen and oxygen atoms in total. The number of hydrogen-bond donors (Lipinski definition) is 0. The molecule has 0 N–H and O–H groups in total. The van der Waals surface area contributed by atoms with E-state index in [1.165, 1.54) is 5.56 Å². The minimum Gasteiger partial charge on any atom is -0.497 e. The van der Waals surface area contributed by atoms with Gasteiger partial charge in [-0.25, -0.2) is 0 Å². The first-order valence-corrected chi connectivity index (χ1v) is 6.13. The fourth-order valence-electron chi connectivity index (χ4n) is 2.37. The Kier molecular flexibility index (Phi) is 3.36. The van der Waals surface area contributed by atoms with Crippen LogP contribution in [0.25, 0.3) is 0 Å². The van der Waals surface area contributed by atoms with Gasteiger partial charge in [0.05, 0.1) is 12.8 Å². The molecule has 2 rings (SSSR count). The van der Waals surface area contributed by atoms with Crippen molar-refractivity contribution in [2.75, 3.05) is 18.6 Å². The second-order valence-electron chi connectivity index (χ2n) is 4.66. The van der Waals surface area contributed by atoms with E-state index < -0.39 is 0 Å². The van der Waals surface area contributed by atoms with Crippen LogP contribution in [0, 0.1) is 5.92 Å². The van der Waals surface area contributed by atoms with Crippen molar-refractivity contribution in [1.29, 1.82) is 0 Å². The monoisotopic (exact) mass is 233 g/mol. The number of fused-ring (bicyclic) bond motifs is 1. The average molecular weight is 233 g/mol. The summed E-state index contributed by atoms with van der Waals surface area (Å²) in [6.45, 7) is 4.90. The van der Waals surface area contributed by atoms with Crippen LogP contribution in [0.4, 0.5) is 5.69 Å². The molecule has 1 aromatic carbocycles. The van der Waals surface area contributed by atoms with Crippen LogP contribution in [0.2, 0.25) is 0 Å². The number of nitrogens with zero attached hydrogens (tertiary/aromatic N) is 1. The summed E-state index contributed by atoms with van der Waals surface area (Å²) in [5.41, 5.74) is 2.26. The summed E-state index contributed by atoms with van der Waals surface area (Å²) in [7, 11) is 1.65. The summed E-state index contributed by atoms with van der Waals surface area (Å²) in [5, 5.41) is 0. The van der Waals surface area contributed by atoms with Gasteiger partial charge in [-0.05, 0) is 24.0 Å². The number of hydrogen-bond acceptors (Lipinski definition) is 2. The van der Waals surface area contributed by atoms with Crippen molar-refractivity contribution in [3.05, 3.63) is 23.8 Å². The first-order chi connectivity index (χ1) is 8.15. The molecule has 1 amide bonds. The molecule has 0 radical (unpaired) electrons. The van der Waals surface area contributed by atoms with Gasteiger partial charge in [-0.3, -0.25) is 4.79 Å². The highest BCUT2D eigenvalue weighted by atomic mass is 16.5. The Balaban J connectivity index is 2.42. The number of ether oxygens (including phenoxy) is 1. The van der Waals surface area contributed by atoms with Gasteiger partial charge in [0.25, 0.3) is 0 Å². The molecular weight excluding hydrogens is 214 g/mol. The Morgan fingerprint density at radius 3 is 2.94 bits per heavy atom. The summed E-state index contributed by atoms with van der Waals surface area (Å²) in [5.74, 6) is 1.52. The Labute approximate surface area is 102 Å². The lowest BCUT2D eigenvalue weighted by molar-refractivity contribution is -0.118. The van der Waals surface area contributed by atoms with Gasteiger partial charge >= 0.3 is 0 Å². The molecular formula is C14H19NO2. The van der Waals surface area contributed by atoms with E-state index in [2.05, 4.69) is 13.0 Å². The summed E-state index contributed by atoms with van der Waals surface area (Å²) in [6, 6.07) is 6.00. The van der Waals surface area contributed by atoms with Crippen molar-refractivity contribution in [2.45, 2.75) is 26.7 Å². The van der Waals surface area contributed by atoms with Crippen molar-refractivity contribution >= 4 is 11.6 Å². The Bertz CT molecular complexity index is 428. The minimum atomic E-state index is 0.186. The Morgan fingerprint density at radius 2 is 2.29 bits per heavy atom. The molecule has 0 aromatic heterocycles. The molecule has 1 atom stereocenters. The van der Waals surface area contributed by atoms with Crippen LogP contribution in [0.5, 0.6) is 5.75 Å². The molecule has 1 heterocycles. The van der Waals surface area contributed by atoms with Gasteiger partial charge in [0.2, 0.25) is 5.91 Å². The summed E-state index contributed by atoms with van der Waals surface area (Å²) in [6.07, 6.45) is 1.58. The maximum Gasteiger partial charge on any atom is 0.226 e. The number of benzene rings is 1. The molecule has 0 aliphatic carbocycles. The maximum atomic E-state index is 12.0. The van der Waals surface area contributed by atoms with Gasteiger partial charge in [0, 0.05) is 19.0 Å². The zero-order valence-corrected chi connectivity index (χ0v) is 10.7. The quantitative estimate of drug-likeness (QED) is 0.786. The van der Waals surface area contributed by atoms with E-state index in [9.17, 15) is 4.79 Å². The van der Waals surface area contributed by atoms with Gasteiger partial charge in [0.15, 0.2) is 0 Å². The number of rotatable bonds is 2. The number of anilines is 1. The third kappa shape index (κ3) is 2.28. The van der Waals surface area contributed by atoms with Gasteiger partial charge in [0.1, 0.15) is 5.75 Å². The van der Waals surface area contributed by atoms with Crippen molar-refractivity contribution in [3.63, 3.8) is 0 Å². The van der Waals surface area contributed by atoms with Gasteiger partial charge in [-0.15, -0.1) is 0 Å². The van der Waals surface area contributed by atoms with Crippen LogP contribution in [0.3, 0.4) is 0 Å². The molecule has 0 spiro atoms. The van der Waals surface area contributed by atoms with Gasteiger partial charge in [-0.1, -0.05) is 19.9 Å². The zero-order valence-electron chi connectivity index (χ0n) is 10.7. The van der Waals surface area contributed by atoms with Crippen LogP contribution in [0.1, 0.15) is 25.8 Å². The minimum absolute atomic E-state index is 0.186. The van der Waals surface area contributed by atoms with E-state index in [-0.39, 0.29) is 5.91 Å². The summed E-state index contributed by atoms with van der Waals surface area (Å²) < 4.78 is 5.23. The molecule has 0 saturated heterocycles. The molecule has 0 saturated carbocycles. The van der Waals surface area contributed by atoms with Gasteiger partial charge < -0.3 is 9.64 Å². The van der Waals surface area contributed by atoms with Crippen molar-refractivity contribution < 1.29 is 9.53 Å². The predicted molar refractivity (Wildman–Crippen MR) is 68.5 cm³/mol. The number of amides is 1. The molecule has 17 heavy (non-hydrogen) atoms. The van der Waals surface area contributed by atoms with Crippen molar-refractivity contribution in [1.82, 2.24) is 0 Å². The lowest BCUT2D eigenvalue weighted by Gasteiger charge is -2.33. The molecule has 0 bridgehead atoms. The van der Waals surface area contributed by atoms with E-state index >= 15 is 0 Å². The van der Waals surface area contributed by atoms with E-state index in [4.69, 9.17) is 4.74 Å². The lowest BCUT2D eigenvalue weighted by Crippen LogP contribution is -2.38. The SMILES string of the molecule is CCC(=O)N1CC(C)Cc2ccc(OC)cc21. The second kappa shape index (κ2) is 4.78. The predicted octanol–water partition coefficient (Wildman–Crippen LogP) is 2.63. The lowest BCUT2D eigenvalue weighted by atomic mass is 9.93. The number of methoxy groups -OCH3 is 1. The highest BCUT2D eigenvalue weighted by Crippen LogP contribution is 2.33. The maximum absolute atomic E-state index is 12.0. The first-order valence-electron chi connectivity index (χ1n) is 6.13. The molecule has 1 aliphatic rings. The van der Waals surface area contributed by atoms with Crippen LogP contribution < -0.4 is 9.64 Å². The molecule has 1 aromatic rings. The average Bonchev–Trinajstić information content (AvgIpc) is 2.36. The van der Waals surface area contributed by atoms with Crippen LogP contribution in [0.15, 0.2) is 18.2 Å². The molecule has 3 heteroatoms. The Morgan fingerprint density at radius 1 is 1.53 bits per heavy atom. The molecule has 1 unspecified atom stereocenters. The molecule has 1 aliphatic heterocycles. The van der Waals surface area contributed by atoms with Crippen LogP contribution in [-0.4, -0.2) is 19.6 Å². The van der Waals surface area contributed by atoms with E-state index in [1.54, 1.807) is 7.11 Å². The highest BCUT2D eigenvalue weighted by Gasteiger charge is 2.25. The molecule has 92 valence electrons. The third-order valence-electron chi connectivity index (χ3n) is 3.25. The van der Waals surface area contributed by atoms with Crippen LogP contribution >= 0.6 is 0 Å². The van der Waals surface area contributed by atoms with E-state index in [0.717, 1.165) is 24.4 Å². The number of carbonyl (C=O) groups is 1. The normalized spacial score (nSPS) is 18.8. The third-order valence-corrected chi connectivity index (χ3v) is 3.25. The fraction of sp³-hybridized carbons (Fsp3) is 0.500. The topological polar surface area (TPSA) is 29.5 Å². The summed E-state index contributed by atoms with van der Waals surface area (Å²) in [4.78, 5) is 13.9. The first kappa shape index (κ1) is 12.0.